The van der Waals surface area contributed by atoms with Gasteiger partial charge in [-0.15, -0.1) is 0 Å². The van der Waals surface area contributed by atoms with E-state index in [0.717, 1.165) is 25.7 Å². The minimum atomic E-state index is -1.10. The lowest BCUT2D eigenvalue weighted by molar-refractivity contribution is -0.173. The third-order valence-corrected chi connectivity index (χ3v) is 4.99. The van der Waals surface area contributed by atoms with E-state index >= 15 is 0 Å². The van der Waals surface area contributed by atoms with Crippen molar-refractivity contribution in [3.05, 3.63) is 12.2 Å². The summed E-state index contributed by atoms with van der Waals surface area (Å²) in [6.45, 7) is 2.14. The van der Waals surface area contributed by atoms with Gasteiger partial charge in [0, 0.05) is 0 Å². The second kappa shape index (κ2) is 5.98. The molecule has 0 amide bonds. The fraction of sp³-hybridized carbons (Fsp3) is 0.750. The molecule has 3 atom stereocenters. The molecule has 112 valence electrons. The summed E-state index contributed by atoms with van der Waals surface area (Å²) in [7, 11) is 2.71. The van der Waals surface area contributed by atoms with Crippen molar-refractivity contribution in [2.75, 3.05) is 14.2 Å². The van der Waals surface area contributed by atoms with E-state index in [-0.39, 0.29) is 5.92 Å². The molecule has 2 aliphatic carbocycles. The lowest BCUT2D eigenvalue weighted by Crippen LogP contribution is -2.45. The van der Waals surface area contributed by atoms with Gasteiger partial charge in [0.05, 0.1) is 14.2 Å². The predicted molar refractivity (Wildman–Crippen MR) is 74.8 cm³/mol. The highest BCUT2D eigenvalue weighted by molar-refractivity contribution is 6.01. The predicted octanol–water partition coefficient (Wildman–Crippen LogP) is 2.72. The van der Waals surface area contributed by atoms with Gasteiger partial charge in [-0.05, 0) is 37.0 Å². The van der Waals surface area contributed by atoms with Gasteiger partial charge in [-0.1, -0.05) is 31.9 Å². The van der Waals surface area contributed by atoms with E-state index in [2.05, 4.69) is 19.1 Å². The van der Waals surface area contributed by atoms with Crippen LogP contribution in [-0.4, -0.2) is 26.2 Å². The lowest BCUT2D eigenvalue weighted by atomic mass is 9.71. The Kier molecular flexibility index (Phi) is 4.51. The summed E-state index contributed by atoms with van der Waals surface area (Å²) in [5.74, 6) is -0.174. The first-order chi connectivity index (χ1) is 9.61. The number of hydrogen-bond acceptors (Lipinski definition) is 4. The van der Waals surface area contributed by atoms with E-state index in [9.17, 15) is 9.59 Å². The molecular weight excluding hydrogens is 256 g/mol. The fourth-order valence-electron chi connectivity index (χ4n) is 4.20. The molecule has 20 heavy (non-hydrogen) atoms. The van der Waals surface area contributed by atoms with Crippen LogP contribution in [-0.2, 0) is 19.1 Å². The van der Waals surface area contributed by atoms with Gasteiger partial charge >= 0.3 is 11.9 Å². The maximum Gasteiger partial charge on any atom is 0.323 e. The quantitative estimate of drug-likeness (QED) is 0.451. The SMILES string of the molecule is CCC[C@H]1CC(C(=O)OC)(C(=O)OC)[C@@H]2CCC=C[C@H]12. The van der Waals surface area contributed by atoms with E-state index in [4.69, 9.17) is 9.47 Å². The van der Waals surface area contributed by atoms with Crippen molar-refractivity contribution >= 4 is 11.9 Å². The number of carbonyl (C=O) groups is 2. The number of carbonyl (C=O) groups excluding carboxylic acids is 2. The minimum absolute atomic E-state index is 0.0175. The summed E-state index contributed by atoms with van der Waals surface area (Å²) in [5, 5.41) is 0. The van der Waals surface area contributed by atoms with Crippen LogP contribution < -0.4 is 0 Å². The van der Waals surface area contributed by atoms with E-state index in [1.165, 1.54) is 14.2 Å². The molecule has 0 aliphatic heterocycles. The molecule has 0 radical (unpaired) electrons. The van der Waals surface area contributed by atoms with Crippen LogP contribution in [0.1, 0.15) is 39.0 Å². The molecule has 4 heteroatoms. The summed E-state index contributed by atoms with van der Waals surface area (Å²) in [6.07, 6.45) is 8.78. The molecule has 0 spiro atoms. The Balaban J connectivity index is 2.43. The maximum atomic E-state index is 12.4. The van der Waals surface area contributed by atoms with Crippen molar-refractivity contribution in [3.63, 3.8) is 0 Å². The number of esters is 2. The van der Waals surface area contributed by atoms with Gasteiger partial charge in [-0.25, -0.2) is 0 Å². The molecule has 0 heterocycles. The minimum Gasteiger partial charge on any atom is -0.468 e. The summed E-state index contributed by atoms with van der Waals surface area (Å²) in [4.78, 5) is 24.8. The van der Waals surface area contributed by atoms with Gasteiger partial charge in [0.25, 0.3) is 0 Å². The number of fused-ring (bicyclic) bond motifs is 1. The van der Waals surface area contributed by atoms with Gasteiger partial charge < -0.3 is 9.47 Å². The van der Waals surface area contributed by atoms with Gasteiger partial charge in [0.15, 0.2) is 5.41 Å². The molecule has 0 aromatic carbocycles. The third-order valence-electron chi connectivity index (χ3n) is 4.99. The Morgan fingerprint density at radius 3 is 2.45 bits per heavy atom. The van der Waals surface area contributed by atoms with Crippen LogP contribution >= 0.6 is 0 Å². The largest absolute Gasteiger partial charge is 0.468 e. The van der Waals surface area contributed by atoms with Gasteiger partial charge in [0.1, 0.15) is 0 Å². The number of allylic oxidation sites excluding steroid dienone is 2. The molecule has 0 aromatic rings. The lowest BCUT2D eigenvalue weighted by Gasteiger charge is -2.33. The monoisotopic (exact) mass is 280 g/mol. The van der Waals surface area contributed by atoms with E-state index in [1.54, 1.807) is 0 Å². The Bertz CT molecular complexity index is 397. The highest BCUT2D eigenvalue weighted by Gasteiger charge is 2.62. The standard InChI is InChI=1S/C16H24O4/c1-4-7-11-10-16(14(17)19-2,15(18)20-3)13-9-6-5-8-12(11)13/h5,8,11-13H,4,6-7,9-10H2,1-3H3/t11-,12+,13+/m0/s1. The summed E-state index contributed by atoms with van der Waals surface area (Å²) < 4.78 is 9.94. The molecule has 0 unspecified atom stereocenters. The van der Waals surface area contributed by atoms with Crippen LogP contribution in [0.3, 0.4) is 0 Å². The second-order valence-electron chi connectivity index (χ2n) is 5.90. The molecule has 0 bridgehead atoms. The van der Waals surface area contributed by atoms with Gasteiger partial charge in [-0.3, -0.25) is 9.59 Å². The summed E-state index contributed by atoms with van der Waals surface area (Å²) >= 11 is 0. The molecule has 2 aliphatic rings. The van der Waals surface area contributed by atoms with Crippen molar-refractivity contribution in [3.8, 4) is 0 Å². The smallest absolute Gasteiger partial charge is 0.323 e. The third kappa shape index (κ3) is 2.15. The van der Waals surface area contributed by atoms with Crippen molar-refractivity contribution in [1.29, 1.82) is 0 Å². The summed E-state index contributed by atoms with van der Waals surface area (Å²) in [5.41, 5.74) is -1.10. The van der Waals surface area contributed by atoms with Crippen molar-refractivity contribution < 1.29 is 19.1 Å². The Hall–Kier alpha value is -1.32. The number of ether oxygens (including phenoxy) is 2. The van der Waals surface area contributed by atoms with Crippen LogP contribution in [0, 0.1) is 23.2 Å². The second-order valence-corrected chi connectivity index (χ2v) is 5.90. The van der Waals surface area contributed by atoms with Crippen molar-refractivity contribution in [1.82, 2.24) is 0 Å². The molecule has 2 rings (SSSR count). The number of methoxy groups -OCH3 is 2. The average molecular weight is 280 g/mol. The molecule has 1 fully saturated rings. The van der Waals surface area contributed by atoms with Gasteiger partial charge in [0.2, 0.25) is 0 Å². The molecule has 1 saturated carbocycles. The van der Waals surface area contributed by atoms with Crippen LogP contribution in [0.4, 0.5) is 0 Å². The maximum absolute atomic E-state index is 12.4. The fourth-order valence-corrected chi connectivity index (χ4v) is 4.20. The first-order valence-electron chi connectivity index (χ1n) is 7.45. The molecule has 0 saturated heterocycles. The van der Waals surface area contributed by atoms with Crippen LogP contribution in [0.25, 0.3) is 0 Å². The first kappa shape index (κ1) is 15.1. The van der Waals surface area contributed by atoms with Crippen LogP contribution in [0.15, 0.2) is 12.2 Å². The Morgan fingerprint density at radius 2 is 1.90 bits per heavy atom. The van der Waals surface area contributed by atoms with Crippen molar-refractivity contribution in [2.45, 2.75) is 39.0 Å². The van der Waals surface area contributed by atoms with Crippen LogP contribution in [0.5, 0.6) is 0 Å². The van der Waals surface area contributed by atoms with Gasteiger partial charge in [-0.2, -0.15) is 0 Å². The van der Waals surface area contributed by atoms with E-state index in [0.29, 0.717) is 18.3 Å². The topological polar surface area (TPSA) is 52.6 Å². The first-order valence-corrected chi connectivity index (χ1v) is 7.45. The normalized spacial score (nSPS) is 30.6. The zero-order valence-corrected chi connectivity index (χ0v) is 12.6. The van der Waals surface area contributed by atoms with E-state index in [1.807, 2.05) is 0 Å². The summed E-state index contributed by atoms with van der Waals surface area (Å²) in [6, 6.07) is 0. The number of rotatable bonds is 4. The number of hydrogen-bond donors (Lipinski definition) is 0. The average Bonchev–Trinajstić information content (AvgIpc) is 2.82. The van der Waals surface area contributed by atoms with E-state index < -0.39 is 17.4 Å². The molecule has 4 nitrogen and oxygen atoms in total. The Labute approximate surface area is 120 Å². The molecule has 0 aromatic heterocycles. The molecule has 0 N–H and O–H groups in total. The highest BCUT2D eigenvalue weighted by Crippen LogP contribution is 2.56. The zero-order valence-electron chi connectivity index (χ0n) is 12.6. The van der Waals surface area contributed by atoms with Crippen LogP contribution in [0.2, 0.25) is 0 Å². The Morgan fingerprint density at radius 1 is 1.25 bits per heavy atom. The highest BCUT2D eigenvalue weighted by atomic mass is 16.5. The molecular formula is C16H24O4. The van der Waals surface area contributed by atoms with Crippen molar-refractivity contribution in [2.24, 2.45) is 23.2 Å². The zero-order chi connectivity index (χ0) is 14.8.